The molecule has 1 amide bonds. The number of hydrogen-bond donors (Lipinski definition) is 2. The molecule has 6 nitrogen and oxygen atoms in total. The van der Waals surface area contributed by atoms with Crippen LogP contribution in [0.4, 0.5) is 0 Å². The fourth-order valence-electron chi connectivity index (χ4n) is 2.48. The van der Waals surface area contributed by atoms with Crippen LogP contribution in [0.5, 0.6) is 11.5 Å². The van der Waals surface area contributed by atoms with E-state index in [9.17, 15) is 4.79 Å². The minimum Gasteiger partial charge on any atom is -0.493 e. The van der Waals surface area contributed by atoms with Crippen LogP contribution < -0.4 is 20.9 Å². The predicted octanol–water partition coefficient (Wildman–Crippen LogP) is 1.83. The van der Waals surface area contributed by atoms with Crippen molar-refractivity contribution in [3.8, 4) is 11.5 Å². The molecule has 126 valence electrons. The molecule has 2 rings (SSSR count). The quantitative estimate of drug-likeness (QED) is 0.623. The smallest absolute Gasteiger partial charge is 0.256 e. The van der Waals surface area contributed by atoms with Crippen molar-refractivity contribution in [2.75, 3.05) is 14.2 Å². The molecular formula is C18H21N3O3. The van der Waals surface area contributed by atoms with Crippen molar-refractivity contribution in [2.45, 2.75) is 12.3 Å². The SMILES string of the molecule is COc1ccc(C[C@@H](C(=O)N=C(N)N)c2ccccc2)cc1OC. The third-order valence-electron chi connectivity index (χ3n) is 3.63. The van der Waals surface area contributed by atoms with E-state index in [0.29, 0.717) is 17.9 Å². The Hall–Kier alpha value is -3.02. The van der Waals surface area contributed by atoms with Crippen molar-refractivity contribution < 1.29 is 14.3 Å². The fraction of sp³-hybridized carbons (Fsp3) is 0.222. The van der Waals surface area contributed by atoms with Crippen molar-refractivity contribution in [3.63, 3.8) is 0 Å². The molecule has 0 aliphatic carbocycles. The molecule has 4 N–H and O–H groups in total. The van der Waals surface area contributed by atoms with E-state index in [4.69, 9.17) is 20.9 Å². The van der Waals surface area contributed by atoms with Gasteiger partial charge < -0.3 is 20.9 Å². The van der Waals surface area contributed by atoms with Crippen molar-refractivity contribution >= 4 is 11.9 Å². The Balaban J connectivity index is 2.35. The van der Waals surface area contributed by atoms with Gasteiger partial charge in [0.05, 0.1) is 20.1 Å². The molecule has 0 aliphatic rings. The number of benzene rings is 2. The van der Waals surface area contributed by atoms with Crippen LogP contribution in [0.25, 0.3) is 0 Å². The number of amides is 1. The molecule has 0 spiro atoms. The Morgan fingerprint density at radius 1 is 1.04 bits per heavy atom. The Morgan fingerprint density at radius 3 is 2.29 bits per heavy atom. The number of aliphatic imine (C=N–C) groups is 1. The lowest BCUT2D eigenvalue weighted by Crippen LogP contribution is -2.26. The van der Waals surface area contributed by atoms with Gasteiger partial charge >= 0.3 is 0 Å². The van der Waals surface area contributed by atoms with Crippen molar-refractivity contribution in [3.05, 3.63) is 59.7 Å². The summed E-state index contributed by atoms with van der Waals surface area (Å²) in [6, 6.07) is 14.9. The maximum atomic E-state index is 12.4. The van der Waals surface area contributed by atoms with Gasteiger partial charge in [-0.3, -0.25) is 4.79 Å². The van der Waals surface area contributed by atoms with E-state index in [0.717, 1.165) is 11.1 Å². The van der Waals surface area contributed by atoms with E-state index in [2.05, 4.69) is 4.99 Å². The first-order valence-corrected chi connectivity index (χ1v) is 7.44. The van der Waals surface area contributed by atoms with E-state index < -0.39 is 5.92 Å². The standard InChI is InChI=1S/C18H21N3O3/c1-23-15-9-8-12(11-16(15)24-2)10-14(17(22)21-18(19)20)13-6-4-3-5-7-13/h3-9,11,14H,10H2,1-2H3,(H4,19,20,21,22)/t14-/m1/s1. The van der Waals surface area contributed by atoms with E-state index in [1.54, 1.807) is 20.3 Å². The van der Waals surface area contributed by atoms with Gasteiger partial charge in [0.15, 0.2) is 17.5 Å². The molecule has 2 aromatic rings. The number of hydrogen-bond acceptors (Lipinski definition) is 3. The summed E-state index contributed by atoms with van der Waals surface area (Å²) in [5.41, 5.74) is 12.5. The maximum absolute atomic E-state index is 12.4. The molecule has 0 radical (unpaired) electrons. The second-order valence-electron chi connectivity index (χ2n) is 5.23. The molecule has 0 bridgehead atoms. The summed E-state index contributed by atoms with van der Waals surface area (Å²) in [5.74, 6) is 0.139. The van der Waals surface area contributed by atoms with Crippen LogP contribution in [-0.2, 0) is 11.2 Å². The average Bonchev–Trinajstić information content (AvgIpc) is 2.59. The average molecular weight is 327 g/mol. The summed E-state index contributed by atoms with van der Waals surface area (Å²) >= 11 is 0. The van der Waals surface area contributed by atoms with Crippen molar-refractivity contribution in [2.24, 2.45) is 16.5 Å². The molecule has 0 heterocycles. The topological polar surface area (TPSA) is 99.9 Å². The van der Waals surface area contributed by atoms with Gasteiger partial charge in [0.1, 0.15) is 0 Å². The van der Waals surface area contributed by atoms with Gasteiger partial charge in [-0.25, -0.2) is 0 Å². The van der Waals surface area contributed by atoms with Gasteiger partial charge in [0.2, 0.25) is 0 Å². The van der Waals surface area contributed by atoms with Gasteiger partial charge in [-0.1, -0.05) is 36.4 Å². The number of methoxy groups -OCH3 is 2. The molecule has 0 aliphatic heterocycles. The lowest BCUT2D eigenvalue weighted by molar-refractivity contribution is -0.119. The molecule has 24 heavy (non-hydrogen) atoms. The Morgan fingerprint density at radius 2 is 1.71 bits per heavy atom. The summed E-state index contributed by atoms with van der Waals surface area (Å²) in [6.07, 6.45) is 0.444. The van der Waals surface area contributed by atoms with Crippen LogP contribution in [0.3, 0.4) is 0 Å². The number of carbonyl (C=O) groups is 1. The zero-order valence-corrected chi connectivity index (χ0v) is 13.7. The zero-order valence-electron chi connectivity index (χ0n) is 13.7. The van der Waals surface area contributed by atoms with Crippen LogP contribution in [0.15, 0.2) is 53.5 Å². The third-order valence-corrected chi connectivity index (χ3v) is 3.63. The molecule has 0 unspecified atom stereocenters. The minimum atomic E-state index is -0.480. The normalized spacial score (nSPS) is 11.4. The van der Waals surface area contributed by atoms with E-state index in [1.807, 2.05) is 42.5 Å². The number of guanidine groups is 1. The highest BCUT2D eigenvalue weighted by Crippen LogP contribution is 2.30. The molecule has 0 fully saturated rings. The Bertz CT molecular complexity index is 726. The molecule has 1 atom stereocenters. The molecule has 0 saturated carbocycles. The lowest BCUT2D eigenvalue weighted by atomic mass is 9.91. The largest absolute Gasteiger partial charge is 0.493 e. The van der Waals surface area contributed by atoms with Crippen LogP contribution in [0.2, 0.25) is 0 Å². The highest BCUT2D eigenvalue weighted by atomic mass is 16.5. The van der Waals surface area contributed by atoms with Gasteiger partial charge in [-0.2, -0.15) is 4.99 Å². The van der Waals surface area contributed by atoms with E-state index in [1.165, 1.54) is 0 Å². The highest BCUT2D eigenvalue weighted by Gasteiger charge is 2.21. The fourth-order valence-corrected chi connectivity index (χ4v) is 2.48. The second kappa shape index (κ2) is 8.01. The lowest BCUT2D eigenvalue weighted by Gasteiger charge is -2.15. The minimum absolute atomic E-state index is 0.242. The van der Waals surface area contributed by atoms with E-state index >= 15 is 0 Å². The third kappa shape index (κ3) is 4.25. The molecule has 6 heteroatoms. The van der Waals surface area contributed by atoms with Gasteiger partial charge in [0.25, 0.3) is 5.91 Å². The Kier molecular flexibility index (Phi) is 5.78. The first-order valence-electron chi connectivity index (χ1n) is 7.44. The van der Waals surface area contributed by atoms with Gasteiger partial charge in [0, 0.05) is 0 Å². The van der Waals surface area contributed by atoms with E-state index in [-0.39, 0.29) is 11.9 Å². The van der Waals surface area contributed by atoms with Crippen molar-refractivity contribution in [1.29, 1.82) is 0 Å². The van der Waals surface area contributed by atoms with Crippen molar-refractivity contribution in [1.82, 2.24) is 0 Å². The maximum Gasteiger partial charge on any atom is 0.256 e. The molecule has 0 saturated heterocycles. The number of carbonyl (C=O) groups excluding carboxylic acids is 1. The number of ether oxygens (including phenoxy) is 2. The van der Waals surface area contributed by atoms with Gasteiger partial charge in [-0.15, -0.1) is 0 Å². The van der Waals surface area contributed by atoms with Crippen LogP contribution in [0.1, 0.15) is 17.0 Å². The van der Waals surface area contributed by atoms with Gasteiger partial charge in [-0.05, 0) is 29.7 Å². The Labute approximate surface area is 141 Å². The summed E-state index contributed by atoms with van der Waals surface area (Å²) in [6.45, 7) is 0. The number of nitrogens with two attached hydrogens (primary N) is 2. The second-order valence-corrected chi connectivity index (χ2v) is 5.23. The number of rotatable bonds is 6. The molecular weight excluding hydrogens is 306 g/mol. The highest BCUT2D eigenvalue weighted by molar-refractivity contribution is 5.95. The molecule has 2 aromatic carbocycles. The summed E-state index contributed by atoms with van der Waals surface area (Å²) in [5, 5.41) is 0. The first kappa shape index (κ1) is 17.3. The first-order chi connectivity index (χ1) is 11.5. The summed E-state index contributed by atoms with van der Waals surface area (Å²) in [4.78, 5) is 16.1. The monoisotopic (exact) mass is 327 g/mol. The summed E-state index contributed by atoms with van der Waals surface area (Å²) in [7, 11) is 3.15. The zero-order chi connectivity index (χ0) is 17.5. The van der Waals surface area contributed by atoms with Crippen LogP contribution in [-0.4, -0.2) is 26.1 Å². The van der Waals surface area contributed by atoms with Crippen LogP contribution >= 0.6 is 0 Å². The summed E-state index contributed by atoms with van der Waals surface area (Å²) < 4.78 is 10.5. The molecule has 0 aromatic heterocycles. The predicted molar refractivity (Wildman–Crippen MR) is 93.2 cm³/mol. The number of nitrogens with zero attached hydrogens (tertiary/aromatic N) is 1. The van der Waals surface area contributed by atoms with Crippen LogP contribution in [0, 0.1) is 0 Å².